The number of anilines is 1. The molecule has 1 saturated heterocycles. The number of nitrogens with zero attached hydrogens (tertiary/aromatic N) is 2. The van der Waals surface area contributed by atoms with Gasteiger partial charge in [0.1, 0.15) is 18.5 Å². The van der Waals surface area contributed by atoms with Gasteiger partial charge in [0.25, 0.3) is 0 Å². The van der Waals surface area contributed by atoms with Crippen molar-refractivity contribution >= 4 is 46.2 Å². The molecule has 4 rings (SSSR count). The molecule has 1 aliphatic rings. The van der Waals surface area contributed by atoms with Gasteiger partial charge in [-0.1, -0.05) is 35.3 Å². The molecule has 1 aromatic heterocycles. The molecule has 0 bridgehead atoms. The Morgan fingerprint density at radius 3 is 2.94 bits per heavy atom. The molecule has 4 N–H and O–H groups in total. The number of aromatic nitrogens is 2. The van der Waals surface area contributed by atoms with Crippen LogP contribution in [0.1, 0.15) is 5.56 Å². The molecule has 1 aliphatic heterocycles. The maximum absolute atomic E-state index is 6.50. The summed E-state index contributed by atoms with van der Waals surface area (Å²) in [4.78, 5) is 4.10. The number of hydrogen-bond acceptors (Lipinski definition) is 6. The largest absolute Gasteiger partial charge is 0.491 e. The van der Waals surface area contributed by atoms with Crippen molar-refractivity contribution in [2.75, 3.05) is 18.5 Å². The Morgan fingerprint density at radius 2 is 2.19 bits per heavy atom. The number of imidazole rings is 1. The number of thiocarbonyl (C=S) groups is 1. The van der Waals surface area contributed by atoms with Crippen molar-refractivity contribution in [3.63, 3.8) is 0 Å². The molecule has 8 nitrogen and oxygen atoms in total. The molecule has 0 saturated carbocycles. The molecule has 1 fully saturated rings. The van der Waals surface area contributed by atoms with E-state index in [1.165, 1.54) is 0 Å². The van der Waals surface area contributed by atoms with Gasteiger partial charge in [-0.3, -0.25) is 0 Å². The van der Waals surface area contributed by atoms with E-state index in [0.717, 1.165) is 5.69 Å². The van der Waals surface area contributed by atoms with Crippen molar-refractivity contribution in [3.8, 4) is 5.75 Å². The standard InChI is InChI=1S/C21H21Cl2N5O3S/c22-14-4-5-18(19(23)8-14)21(12-28-7-6-25-13-28)30-11-17(31-21)10-29-16-3-1-2-15(9-16)26-20(32)27-24/h1-9,13,17H,10-12,24H2,(H2,26,27,32). The molecule has 0 radical (unpaired) electrons. The number of halogens is 2. The molecule has 2 unspecified atom stereocenters. The highest BCUT2D eigenvalue weighted by Gasteiger charge is 2.45. The summed E-state index contributed by atoms with van der Waals surface area (Å²) in [5.74, 6) is 4.85. The van der Waals surface area contributed by atoms with Crippen LogP contribution in [0.25, 0.3) is 0 Å². The molecule has 32 heavy (non-hydrogen) atoms. The average molecular weight is 494 g/mol. The normalized spacial score (nSPS) is 20.2. The molecule has 0 amide bonds. The summed E-state index contributed by atoms with van der Waals surface area (Å²) in [6.45, 7) is 0.973. The summed E-state index contributed by atoms with van der Waals surface area (Å²) in [5.41, 5.74) is 3.81. The molecule has 2 atom stereocenters. The van der Waals surface area contributed by atoms with Gasteiger partial charge >= 0.3 is 0 Å². The zero-order valence-electron chi connectivity index (χ0n) is 16.8. The maximum Gasteiger partial charge on any atom is 0.215 e. The minimum absolute atomic E-state index is 0.278. The zero-order chi connectivity index (χ0) is 22.6. The molecule has 0 spiro atoms. The highest BCUT2D eigenvalue weighted by atomic mass is 35.5. The van der Waals surface area contributed by atoms with E-state index in [4.69, 9.17) is 55.5 Å². The lowest BCUT2D eigenvalue weighted by molar-refractivity contribution is -0.189. The molecule has 2 aromatic carbocycles. The van der Waals surface area contributed by atoms with E-state index in [2.05, 4.69) is 15.7 Å². The third-order valence-electron chi connectivity index (χ3n) is 4.81. The summed E-state index contributed by atoms with van der Waals surface area (Å²) in [7, 11) is 0. The monoisotopic (exact) mass is 493 g/mol. The van der Waals surface area contributed by atoms with E-state index < -0.39 is 5.79 Å². The fraction of sp³-hybridized carbons (Fsp3) is 0.238. The highest BCUT2D eigenvalue weighted by Crippen LogP contribution is 2.40. The molecule has 0 aliphatic carbocycles. The van der Waals surface area contributed by atoms with E-state index in [9.17, 15) is 0 Å². The smallest absolute Gasteiger partial charge is 0.215 e. The second-order valence-electron chi connectivity index (χ2n) is 7.10. The predicted octanol–water partition coefficient (Wildman–Crippen LogP) is 3.70. The Kier molecular flexibility index (Phi) is 7.14. The van der Waals surface area contributed by atoms with Crippen molar-refractivity contribution in [2.24, 2.45) is 5.84 Å². The molecule has 11 heteroatoms. The van der Waals surface area contributed by atoms with Crippen LogP contribution in [0.3, 0.4) is 0 Å². The summed E-state index contributed by atoms with van der Waals surface area (Å²) >= 11 is 17.6. The fourth-order valence-electron chi connectivity index (χ4n) is 3.40. The quantitative estimate of drug-likeness (QED) is 0.260. The van der Waals surface area contributed by atoms with Crippen LogP contribution in [-0.4, -0.2) is 34.0 Å². The maximum atomic E-state index is 6.50. The van der Waals surface area contributed by atoms with E-state index in [1.807, 2.05) is 41.1 Å². The van der Waals surface area contributed by atoms with E-state index in [0.29, 0.717) is 39.6 Å². The highest BCUT2D eigenvalue weighted by molar-refractivity contribution is 7.80. The zero-order valence-corrected chi connectivity index (χ0v) is 19.2. The van der Waals surface area contributed by atoms with Crippen molar-refractivity contribution in [1.82, 2.24) is 15.0 Å². The van der Waals surface area contributed by atoms with Crippen LogP contribution in [0.4, 0.5) is 5.69 Å². The van der Waals surface area contributed by atoms with Gasteiger partial charge in [0.2, 0.25) is 5.79 Å². The third-order valence-corrected chi connectivity index (χ3v) is 5.58. The molecular weight excluding hydrogens is 473 g/mol. The van der Waals surface area contributed by atoms with Crippen LogP contribution in [0.5, 0.6) is 5.75 Å². The number of nitrogens with one attached hydrogen (secondary N) is 2. The molecule has 2 heterocycles. The van der Waals surface area contributed by atoms with Gasteiger partial charge in [-0.15, -0.1) is 0 Å². The Morgan fingerprint density at radius 1 is 1.31 bits per heavy atom. The van der Waals surface area contributed by atoms with Crippen LogP contribution < -0.4 is 21.3 Å². The van der Waals surface area contributed by atoms with Crippen molar-refractivity contribution < 1.29 is 14.2 Å². The molecule has 168 valence electrons. The van der Waals surface area contributed by atoms with Gasteiger partial charge in [-0.2, -0.15) is 0 Å². The first-order valence-corrected chi connectivity index (χ1v) is 10.9. The number of hydrogen-bond donors (Lipinski definition) is 3. The number of hydrazine groups is 1. The van der Waals surface area contributed by atoms with Crippen LogP contribution >= 0.6 is 35.4 Å². The van der Waals surface area contributed by atoms with Crippen LogP contribution in [0, 0.1) is 0 Å². The van der Waals surface area contributed by atoms with Crippen LogP contribution in [0.15, 0.2) is 61.2 Å². The summed E-state index contributed by atoms with van der Waals surface area (Å²) < 4.78 is 20.4. The van der Waals surface area contributed by atoms with E-state index >= 15 is 0 Å². The second-order valence-corrected chi connectivity index (χ2v) is 8.35. The van der Waals surface area contributed by atoms with Gasteiger partial charge in [-0.25, -0.2) is 10.8 Å². The summed E-state index contributed by atoms with van der Waals surface area (Å²) in [6, 6.07) is 12.6. The average Bonchev–Trinajstić information content (AvgIpc) is 3.43. The first-order valence-electron chi connectivity index (χ1n) is 9.71. The summed E-state index contributed by atoms with van der Waals surface area (Å²) in [6.07, 6.45) is 4.90. The molecule has 3 aromatic rings. The SMILES string of the molecule is NNC(=S)Nc1cccc(OCC2COC(Cn3ccnc3)(c3ccc(Cl)cc3Cl)O2)c1. The molecular formula is C21H21Cl2N5O3S. The second kappa shape index (κ2) is 10.0. The van der Waals surface area contributed by atoms with Gasteiger partial charge in [0, 0.05) is 34.7 Å². The van der Waals surface area contributed by atoms with Crippen molar-refractivity contribution in [1.29, 1.82) is 0 Å². The van der Waals surface area contributed by atoms with E-state index in [-0.39, 0.29) is 12.7 Å². The van der Waals surface area contributed by atoms with E-state index in [1.54, 1.807) is 24.7 Å². The Labute approximate surface area is 200 Å². The lowest BCUT2D eigenvalue weighted by atomic mass is 10.1. The van der Waals surface area contributed by atoms with Gasteiger partial charge in [0.05, 0.1) is 24.5 Å². The lowest BCUT2D eigenvalue weighted by Gasteiger charge is -2.30. The van der Waals surface area contributed by atoms with Crippen LogP contribution in [-0.2, 0) is 21.8 Å². The van der Waals surface area contributed by atoms with Gasteiger partial charge in [-0.05, 0) is 36.5 Å². The van der Waals surface area contributed by atoms with Crippen LogP contribution in [0.2, 0.25) is 10.0 Å². The van der Waals surface area contributed by atoms with Gasteiger partial charge < -0.3 is 29.5 Å². The lowest BCUT2D eigenvalue weighted by Crippen LogP contribution is -2.34. The van der Waals surface area contributed by atoms with Crippen molar-refractivity contribution in [2.45, 2.75) is 18.4 Å². The topological polar surface area (TPSA) is 95.6 Å². The number of ether oxygens (including phenoxy) is 3. The Hall–Kier alpha value is -2.40. The minimum atomic E-state index is -1.10. The number of rotatable bonds is 7. The first-order chi connectivity index (χ1) is 15.5. The predicted molar refractivity (Wildman–Crippen MR) is 127 cm³/mol. The number of nitrogens with two attached hydrogens (primary N) is 1. The van der Waals surface area contributed by atoms with Gasteiger partial charge in [0.15, 0.2) is 5.11 Å². The third kappa shape index (κ3) is 5.32. The summed E-state index contributed by atoms with van der Waals surface area (Å²) in [5, 5.41) is 4.25. The van der Waals surface area contributed by atoms with Crippen molar-refractivity contribution in [3.05, 3.63) is 76.8 Å². The Bertz CT molecular complexity index is 1090. The Balaban J connectivity index is 1.48. The fourth-order valence-corrected chi connectivity index (χ4v) is 4.07. The first kappa shape index (κ1) is 22.8. The number of benzene rings is 2. The minimum Gasteiger partial charge on any atom is -0.491 e.